The van der Waals surface area contributed by atoms with Crippen LogP contribution in [0.2, 0.25) is 0 Å². The van der Waals surface area contributed by atoms with Gasteiger partial charge in [0.1, 0.15) is 12.2 Å². The Morgan fingerprint density at radius 3 is 2.48 bits per heavy atom. The van der Waals surface area contributed by atoms with Crippen molar-refractivity contribution < 1.29 is 18.3 Å². The zero-order chi connectivity index (χ0) is 16.1. The normalized spacial score (nSPS) is 19.3. The first-order chi connectivity index (χ1) is 11.2. The summed E-state index contributed by atoms with van der Waals surface area (Å²) in [6.07, 6.45) is -0.222. The van der Waals surface area contributed by atoms with Crippen LogP contribution in [0.1, 0.15) is 5.56 Å². The Bertz CT molecular complexity index is 610. The molecule has 1 saturated heterocycles. The number of ether oxygens (including phenoxy) is 2. The van der Waals surface area contributed by atoms with Crippen molar-refractivity contribution in [3.05, 3.63) is 65.7 Å². The predicted molar refractivity (Wildman–Crippen MR) is 83.5 cm³/mol. The predicted octanol–water partition coefficient (Wildman–Crippen LogP) is 2.94. The molecule has 1 fully saturated rings. The first-order valence-electron chi connectivity index (χ1n) is 7.71. The Kier molecular flexibility index (Phi) is 5.20. The van der Waals surface area contributed by atoms with Crippen LogP contribution in [0.25, 0.3) is 0 Å². The van der Waals surface area contributed by atoms with Gasteiger partial charge in [-0.25, -0.2) is 8.78 Å². The lowest BCUT2D eigenvalue weighted by Gasteiger charge is -2.31. The van der Waals surface area contributed by atoms with Gasteiger partial charge in [-0.3, -0.25) is 0 Å². The summed E-state index contributed by atoms with van der Waals surface area (Å²) in [7, 11) is 0. The molecule has 5 heteroatoms. The number of rotatable bonds is 5. The minimum absolute atomic E-state index is 0.261. The van der Waals surface area contributed by atoms with Crippen molar-refractivity contribution in [3.8, 4) is 5.75 Å². The summed E-state index contributed by atoms with van der Waals surface area (Å²) >= 11 is 0. The zero-order valence-corrected chi connectivity index (χ0v) is 12.7. The van der Waals surface area contributed by atoms with E-state index in [-0.39, 0.29) is 11.9 Å². The van der Waals surface area contributed by atoms with Crippen LogP contribution < -0.4 is 10.1 Å². The Balaban J connectivity index is 1.82. The van der Waals surface area contributed by atoms with E-state index in [4.69, 9.17) is 9.47 Å². The molecule has 1 aliphatic heterocycles. The molecule has 1 aliphatic rings. The zero-order valence-electron chi connectivity index (χ0n) is 12.7. The van der Waals surface area contributed by atoms with Gasteiger partial charge in [0.05, 0.1) is 6.61 Å². The SMILES string of the molecule is Fc1cccc(F)c1O[C@@H](Cc1ccccc1)[C@@H]1CNCCO1. The summed E-state index contributed by atoms with van der Waals surface area (Å²) in [5.41, 5.74) is 1.03. The molecule has 3 nitrogen and oxygen atoms in total. The minimum Gasteiger partial charge on any atom is -0.481 e. The van der Waals surface area contributed by atoms with Crippen molar-refractivity contribution in [2.24, 2.45) is 0 Å². The van der Waals surface area contributed by atoms with E-state index in [1.165, 1.54) is 18.2 Å². The lowest BCUT2D eigenvalue weighted by atomic mass is 10.0. The molecule has 2 aromatic carbocycles. The molecule has 0 aliphatic carbocycles. The third kappa shape index (κ3) is 4.06. The highest BCUT2D eigenvalue weighted by atomic mass is 19.1. The molecule has 2 aromatic rings. The number of para-hydroxylation sites is 1. The topological polar surface area (TPSA) is 30.5 Å². The van der Waals surface area contributed by atoms with E-state index in [1.807, 2.05) is 30.3 Å². The van der Waals surface area contributed by atoms with Gasteiger partial charge in [-0.15, -0.1) is 0 Å². The van der Waals surface area contributed by atoms with E-state index in [1.54, 1.807) is 0 Å². The van der Waals surface area contributed by atoms with Gasteiger partial charge in [0.2, 0.25) is 0 Å². The molecule has 0 amide bonds. The Hall–Kier alpha value is -1.98. The number of halogens is 2. The lowest BCUT2D eigenvalue weighted by Crippen LogP contribution is -2.48. The molecule has 1 N–H and O–H groups in total. The summed E-state index contributed by atoms with van der Waals surface area (Å²) in [6.45, 7) is 1.91. The van der Waals surface area contributed by atoms with E-state index in [0.29, 0.717) is 19.6 Å². The number of hydrogen-bond acceptors (Lipinski definition) is 3. The van der Waals surface area contributed by atoms with Crippen LogP contribution >= 0.6 is 0 Å². The molecule has 0 bridgehead atoms. The number of nitrogens with one attached hydrogen (secondary N) is 1. The van der Waals surface area contributed by atoms with Gasteiger partial charge >= 0.3 is 0 Å². The van der Waals surface area contributed by atoms with Crippen molar-refractivity contribution >= 4 is 0 Å². The molecule has 0 spiro atoms. The van der Waals surface area contributed by atoms with Crippen LogP contribution in [0.3, 0.4) is 0 Å². The molecule has 0 radical (unpaired) electrons. The maximum atomic E-state index is 13.9. The first-order valence-corrected chi connectivity index (χ1v) is 7.71. The van der Waals surface area contributed by atoms with E-state index in [9.17, 15) is 8.78 Å². The van der Waals surface area contributed by atoms with Gasteiger partial charge in [-0.2, -0.15) is 0 Å². The molecule has 2 atom stereocenters. The maximum absolute atomic E-state index is 13.9. The molecule has 0 unspecified atom stereocenters. The van der Waals surface area contributed by atoms with Crippen LogP contribution in [-0.2, 0) is 11.2 Å². The fourth-order valence-corrected chi connectivity index (χ4v) is 2.67. The molecule has 0 aromatic heterocycles. The molecule has 0 saturated carbocycles. The van der Waals surface area contributed by atoms with E-state index < -0.39 is 17.7 Å². The monoisotopic (exact) mass is 319 g/mol. The van der Waals surface area contributed by atoms with E-state index >= 15 is 0 Å². The fraction of sp³-hybridized carbons (Fsp3) is 0.333. The molecular formula is C18H19F2NO2. The Labute approximate surface area is 134 Å². The highest BCUT2D eigenvalue weighted by Gasteiger charge is 2.28. The van der Waals surface area contributed by atoms with Gasteiger partial charge in [0.25, 0.3) is 0 Å². The Morgan fingerprint density at radius 2 is 1.83 bits per heavy atom. The average Bonchev–Trinajstić information content (AvgIpc) is 2.59. The third-order valence-corrected chi connectivity index (χ3v) is 3.84. The second kappa shape index (κ2) is 7.53. The van der Waals surface area contributed by atoms with Gasteiger partial charge in [0, 0.05) is 19.5 Å². The van der Waals surface area contributed by atoms with Crippen LogP contribution in [0.15, 0.2) is 48.5 Å². The van der Waals surface area contributed by atoms with Crippen molar-refractivity contribution in [2.45, 2.75) is 18.6 Å². The van der Waals surface area contributed by atoms with Crippen molar-refractivity contribution in [1.29, 1.82) is 0 Å². The third-order valence-electron chi connectivity index (χ3n) is 3.84. The number of benzene rings is 2. The number of morpholine rings is 1. The van der Waals surface area contributed by atoms with Crippen molar-refractivity contribution in [3.63, 3.8) is 0 Å². The summed E-state index contributed by atoms with van der Waals surface area (Å²) in [5, 5.41) is 3.22. The molecular weight excluding hydrogens is 300 g/mol. The van der Waals surface area contributed by atoms with Gasteiger partial charge in [0.15, 0.2) is 17.4 Å². The van der Waals surface area contributed by atoms with Crippen LogP contribution in [0, 0.1) is 11.6 Å². The summed E-state index contributed by atoms with van der Waals surface area (Å²) in [4.78, 5) is 0. The summed E-state index contributed by atoms with van der Waals surface area (Å²) in [5.74, 6) is -1.75. The minimum atomic E-state index is -0.702. The second-order valence-corrected chi connectivity index (χ2v) is 5.51. The quantitative estimate of drug-likeness (QED) is 0.919. The summed E-state index contributed by atoms with van der Waals surface area (Å²) < 4.78 is 39.2. The second-order valence-electron chi connectivity index (χ2n) is 5.51. The first kappa shape index (κ1) is 15.9. The average molecular weight is 319 g/mol. The maximum Gasteiger partial charge on any atom is 0.191 e. The van der Waals surface area contributed by atoms with Crippen LogP contribution in [0.5, 0.6) is 5.75 Å². The molecule has 122 valence electrons. The molecule has 1 heterocycles. The van der Waals surface area contributed by atoms with Gasteiger partial charge in [-0.1, -0.05) is 36.4 Å². The smallest absolute Gasteiger partial charge is 0.191 e. The highest BCUT2D eigenvalue weighted by molar-refractivity contribution is 5.27. The van der Waals surface area contributed by atoms with Gasteiger partial charge in [-0.05, 0) is 17.7 Å². The van der Waals surface area contributed by atoms with Gasteiger partial charge < -0.3 is 14.8 Å². The lowest BCUT2D eigenvalue weighted by molar-refractivity contribution is -0.0434. The summed E-state index contributed by atoms with van der Waals surface area (Å²) in [6, 6.07) is 13.4. The van der Waals surface area contributed by atoms with Crippen molar-refractivity contribution in [2.75, 3.05) is 19.7 Å². The van der Waals surface area contributed by atoms with Crippen LogP contribution in [0.4, 0.5) is 8.78 Å². The van der Waals surface area contributed by atoms with E-state index in [0.717, 1.165) is 12.1 Å². The number of hydrogen-bond donors (Lipinski definition) is 1. The Morgan fingerprint density at radius 1 is 1.09 bits per heavy atom. The van der Waals surface area contributed by atoms with E-state index in [2.05, 4.69) is 5.32 Å². The van der Waals surface area contributed by atoms with Crippen molar-refractivity contribution in [1.82, 2.24) is 5.32 Å². The molecule has 3 rings (SSSR count). The van der Waals surface area contributed by atoms with Crippen LogP contribution in [-0.4, -0.2) is 31.9 Å². The highest BCUT2D eigenvalue weighted by Crippen LogP contribution is 2.25. The largest absolute Gasteiger partial charge is 0.481 e. The fourth-order valence-electron chi connectivity index (χ4n) is 2.67. The standard InChI is InChI=1S/C18H19F2NO2/c19-14-7-4-8-15(20)18(14)23-16(17-12-21-9-10-22-17)11-13-5-2-1-3-6-13/h1-8,16-17,21H,9-12H2/t16-,17-/m0/s1. The molecule has 23 heavy (non-hydrogen) atoms.